The molecule has 0 spiro atoms. The Morgan fingerprint density at radius 2 is 2.00 bits per heavy atom. The third-order valence-electron chi connectivity index (χ3n) is 3.25. The number of nitrogens with one attached hydrogen (secondary N) is 1. The van der Waals surface area contributed by atoms with Crippen LogP contribution >= 0.6 is 0 Å². The summed E-state index contributed by atoms with van der Waals surface area (Å²) >= 11 is 0. The van der Waals surface area contributed by atoms with Crippen molar-refractivity contribution in [1.82, 2.24) is 0 Å². The van der Waals surface area contributed by atoms with E-state index in [4.69, 9.17) is 14.7 Å². The summed E-state index contributed by atoms with van der Waals surface area (Å²) in [4.78, 5) is 12.4. The van der Waals surface area contributed by atoms with Crippen molar-refractivity contribution in [1.29, 1.82) is 5.26 Å². The summed E-state index contributed by atoms with van der Waals surface area (Å²) in [5.74, 6) is 1.23. The Bertz CT molecular complexity index is 763. The Kier molecular flexibility index (Phi) is 5.80. The molecule has 2 aromatic rings. The molecule has 0 aliphatic heterocycles. The van der Waals surface area contributed by atoms with Crippen molar-refractivity contribution in [2.75, 3.05) is 19.0 Å². The molecule has 0 saturated heterocycles. The average molecular weight is 324 g/mol. The Morgan fingerprint density at radius 3 is 2.67 bits per heavy atom. The van der Waals surface area contributed by atoms with Gasteiger partial charge in [0.15, 0.2) is 11.5 Å². The van der Waals surface area contributed by atoms with Crippen LogP contribution in [0.5, 0.6) is 11.5 Å². The molecule has 0 unspecified atom stereocenters. The fraction of sp³-hybridized carbons (Fsp3) is 0.263. The average Bonchev–Trinajstić information content (AvgIpc) is 2.59. The number of nitriles is 1. The van der Waals surface area contributed by atoms with Gasteiger partial charge in [-0.3, -0.25) is 4.79 Å². The van der Waals surface area contributed by atoms with Crippen LogP contribution in [0.25, 0.3) is 0 Å². The Labute approximate surface area is 141 Å². The van der Waals surface area contributed by atoms with E-state index in [0.29, 0.717) is 40.8 Å². The van der Waals surface area contributed by atoms with Crippen LogP contribution < -0.4 is 14.8 Å². The smallest absolute Gasteiger partial charge is 0.255 e. The van der Waals surface area contributed by atoms with Gasteiger partial charge in [-0.1, -0.05) is 19.9 Å². The molecule has 0 radical (unpaired) electrons. The maximum Gasteiger partial charge on any atom is 0.255 e. The zero-order chi connectivity index (χ0) is 17.5. The molecule has 5 nitrogen and oxygen atoms in total. The maximum absolute atomic E-state index is 12.4. The van der Waals surface area contributed by atoms with Crippen LogP contribution in [-0.2, 0) is 0 Å². The van der Waals surface area contributed by atoms with Crippen molar-refractivity contribution in [3.8, 4) is 17.6 Å². The number of amides is 1. The first kappa shape index (κ1) is 17.4. The van der Waals surface area contributed by atoms with Crippen LogP contribution in [0.15, 0.2) is 42.5 Å². The molecular weight excluding hydrogens is 304 g/mol. The first-order chi connectivity index (χ1) is 11.5. The van der Waals surface area contributed by atoms with Gasteiger partial charge in [0.25, 0.3) is 5.91 Å². The Balaban J connectivity index is 2.15. The molecule has 1 N–H and O–H groups in total. The molecule has 2 aromatic carbocycles. The summed E-state index contributed by atoms with van der Waals surface area (Å²) in [5, 5.41) is 11.7. The highest BCUT2D eigenvalue weighted by Crippen LogP contribution is 2.28. The molecule has 124 valence electrons. The number of hydrogen-bond acceptors (Lipinski definition) is 4. The molecule has 0 heterocycles. The molecule has 0 aliphatic rings. The zero-order valence-corrected chi connectivity index (χ0v) is 14.0. The highest BCUT2D eigenvalue weighted by Gasteiger charge is 2.12. The molecule has 0 fully saturated rings. The molecule has 0 atom stereocenters. The molecule has 0 bridgehead atoms. The van der Waals surface area contributed by atoms with E-state index < -0.39 is 0 Å². The number of methoxy groups -OCH3 is 1. The van der Waals surface area contributed by atoms with Gasteiger partial charge in [-0.15, -0.1) is 0 Å². The number of carbonyl (C=O) groups is 1. The summed E-state index contributed by atoms with van der Waals surface area (Å²) in [5.41, 5.74) is 1.51. The fourth-order valence-electron chi connectivity index (χ4n) is 2.05. The second-order valence-electron chi connectivity index (χ2n) is 5.72. The summed E-state index contributed by atoms with van der Waals surface area (Å²) in [6, 6.07) is 13.8. The number of rotatable bonds is 6. The monoisotopic (exact) mass is 324 g/mol. The minimum absolute atomic E-state index is 0.279. The summed E-state index contributed by atoms with van der Waals surface area (Å²) < 4.78 is 11.0. The SMILES string of the molecule is COc1cc(C(=O)Nc2cccc(C#N)c2)ccc1OCC(C)C. The van der Waals surface area contributed by atoms with Gasteiger partial charge in [0.05, 0.1) is 25.3 Å². The third-order valence-corrected chi connectivity index (χ3v) is 3.25. The first-order valence-electron chi connectivity index (χ1n) is 7.66. The lowest BCUT2D eigenvalue weighted by Gasteiger charge is -2.13. The Morgan fingerprint density at radius 1 is 1.21 bits per heavy atom. The van der Waals surface area contributed by atoms with E-state index in [1.165, 1.54) is 7.11 Å². The van der Waals surface area contributed by atoms with Gasteiger partial charge in [0.2, 0.25) is 0 Å². The second kappa shape index (κ2) is 8.02. The van der Waals surface area contributed by atoms with Crippen LogP contribution in [0.4, 0.5) is 5.69 Å². The standard InChI is InChI=1S/C19H20N2O3/c1-13(2)12-24-17-8-7-15(10-18(17)23-3)19(22)21-16-6-4-5-14(9-16)11-20/h4-10,13H,12H2,1-3H3,(H,21,22). The lowest BCUT2D eigenvalue weighted by atomic mass is 10.1. The number of nitrogens with zero attached hydrogens (tertiary/aromatic N) is 1. The summed E-state index contributed by atoms with van der Waals surface area (Å²) in [6.45, 7) is 4.69. The molecule has 0 aromatic heterocycles. The van der Waals surface area contributed by atoms with E-state index in [0.717, 1.165) is 0 Å². The lowest BCUT2D eigenvalue weighted by molar-refractivity contribution is 0.102. The second-order valence-corrected chi connectivity index (χ2v) is 5.72. The van der Waals surface area contributed by atoms with Crippen LogP contribution in [0, 0.1) is 17.2 Å². The van der Waals surface area contributed by atoms with Crippen molar-refractivity contribution in [2.45, 2.75) is 13.8 Å². The topological polar surface area (TPSA) is 71.3 Å². The van der Waals surface area contributed by atoms with Crippen molar-refractivity contribution < 1.29 is 14.3 Å². The molecule has 5 heteroatoms. The quantitative estimate of drug-likeness (QED) is 0.876. The minimum atomic E-state index is -0.279. The van der Waals surface area contributed by atoms with Crippen molar-refractivity contribution >= 4 is 11.6 Å². The fourth-order valence-corrected chi connectivity index (χ4v) is 2.05. The van der Waals surface area contributed by atoms with Crippen LogP contribution in [0.1, 0.15) is 29.8 Å². The summed E-state index contributed by atoms with van der Waals surface area (Å²) in [7, 11) is 1.54. The van der Waals surface area contributed by atoms with Gasteiger partial charge in [0.1, 0.15) is 0 Å². The molecule has 2 rings (SSSR count). The molecule has 24 heavy (non-hydrogen) atoms. The molecule has 0 saturated carbocycles. The van der Waals surface area contributed by atoms with Crippen LogP contribution in [-0.4, -0.2) is 19.6 Å². The van der Waals surface area contributed by atoms with Gasteiger partial charge >= 0.3 is 0 Å². The highest BCUT2D eigenvalue weighted by atomic mass is 16.5. The van der Waals surface area contributed by atoms with Crippen molar-refractivity contribution in [3.05, 3.63) is 53.6 Å². The van der Waals surface area contributed by atoms with Crippen molar-refractivity contribution in [2.24, 2.45) is 5.92 Å². The molecular formula is C19H20N2O3. The van der Waals surface area contributed by atoms with E-state index in [1.54, 1.807) is 42.5 Å². The van der Waals surface area contributed by atoms with Gasteiger partial charge in [0, 0.05) is 11.3 Å². The van der Waals surface area contributed by atoms with E-state index in [9.17, 15) is 4.79 Å². The number of hydrogen-bond donors (Lipinski definition) is 1. The lowest BCUT2D eigenvalue weighted by Crippen LogP contribution is -2.12. The highest BCUT2D eigenvalue weighted by molar-refractivity contribution is 6.04. The normalized spacial score (nSPS) is 10.1. The first-order valence-corrected chi connectivity index (χ1v) is 7.66. The van der Waals surface area contributed by atoms with Gasteiger partial charge in [-0.25, -0.2) is 0 Å². The number of anilines is 1. The van der Waals surface area contributed by atoms with E-state index >= 15 is 0 Å². The van der Waals surface area contributed by atoms with E-state index in [2.05, 4.69) is 19.2 Å². The zero-order valence-electron chi connectivity index (χ0n) is 14.0. The maximum atomic E-state index is 12.4. The van der Waals surface area contributed by atoms with Crippen LogP contribution in [0.3, 0.4) is 0 Å². The van der Waals surface area contributed by atoms with Gasteiger partial charge in [-0.05, 0) is 42.3 Å². The summed E-state index contributed by atoms with van der Waals surface area (Å²) in [6.07, 6.45) is 0. The van der Waals surface area contributed by atoms with Crippen LogP contribution in [0.2, 0.25) is 0 Å². The van der Waals surface area contributed by atoms with E-state index in [1.807, 2.05) is 6.07 Å². The largest absolute Gasteiger partial charge is 0.493 e. The predicted octanol–water partition coefficient (Wildman–Crippen LogP) is 3.85. The molecule has 1 amide bonds. The van der Waals surface area contributed by atoms with E-state index in [-0.39, 0.29) is 5.91 Å². The third kappa shape index (κ3) is 4.50. The Hall–Kier alpha value is -3.00. The van der Waals surface area contributed by atoms with Gasteiger partial charge < -0.3 is 14.8 Å². The molecule has 0 aliphatic carbocycles. The number of benzene rings is 2. The number of carbonyl (C=O) groups excluding carboxylic acids is 1. The van der Waals surface area contributed by atoms with Crippen molar-refractivity contribution in [3.63, 3.8) is 0 Å². The van der Waals surface area contributed by atoms with Gasteiger partial charge in [-0.2, -0.15) is 5.26 Å². The number of ether oxygens (including phenoxy) is 2. The predicted molar refractivity (Wildman–Crippen MR) is 92.4 cm³/mol. The minimum Gasteiger partial charge on any atom is -0.493 e.